The van der Waals surface area contributed by atoms with Crippen molar-refractivity contribution in [3.8, 4) is 0 Å². The fourth-order valence-corrected chi connectivity index (χ4v) is 3.18. The average Bonchev–Trinajstić information content (AvgIpc) is 3.04. The molecule has 1 aliphatic heterocycles. The van der Waals surface area contributed by atoms with Crippen LogP contribution in [0.15, 0.2) is 54.6 Å². The molecule has 23 heavy (non-hydrogen) atoms. The summed E-state index contributed by atoms with van der Waals surface area (Å²) in [5.74, 6) is -1.13. The van der Waals surface area contributed by atoms with Gasteiger partial charge in [0, 0.05) is 17.3 Å². The first-order chi connectivity index (χ1) is 11.2. The van der Waals surface area contributed by atoms with Crippen LogP contribution >= 0.6 is 11.6 Å². The predicted octanol–water partition coefficient (Wildman–Crippen LogP) is 3.64. The smallest absolute Gasteiger partial charge is 0.313 e. The van der Waals surface area contributed by atoms with Gasteiger partial charge in [0.05, 0.1) is 6.04 Å². The normalized spacial score (nSPS) is 17.1. The van der Waals surface area contributed by atoms with Crippen LogP contribution in [0.1, 0.15) is 24.4 Å². The van der Waals surface area contributed by atoms with Crippen molar-refractivity contribution in [3.63, 3.8) is 0 Å². The number of halogens is 1. The number of para-hydroxylation sites is 1. The van der Waals surface area contributed by atoms with Gasteiger partial charge in [-0.05, 0) is 36.6 Å². The Hall–Kier alpha value is -2.33. The molecule has 1 atom stereocenters. The molecule has 5 heteroatoms. The van der Waals surface area contributed by atoms with Gasteiger partial charge in [0.1, 0.15) is 0 Å². The second-order valence-corrected chi connectivity index (χ2v) is 5.91. The molecule has 1 heterocycles. The van der Waals surface area contributed by atoms with Gasteiger partial charge >= 0.3 is 11.8 Å². The van der Waals surface area contributed by atoms with Gasteiger partial charge < -0.3 is 10.2 Å². The summed E-state index contributed by atoms with van der Waals surface area (Å²) < 4.78 is 0. The van der Waals surface area contributed by atoms with Crippen molar-refractivity contribution in [2.45, 2.75) is 18.9 Å². The molecular weight excluding hydrogens is 312 g/mol. The maximum Gasteiger partial charge on any atom is 0.313 e. The Labute approximate surface area is 140 Å². The molecule has 4 nitrogen and oxygen atoms in total. The third-order valence-electron chi connectivity index (χ3n) is 4.00. The highest BCUT2D eigenvalue weighted by Crippen LogP contribution is 2.35. The molecule has 118 valence electrons. The van der Waals surface area contributed by atoms with E-state index in [9.17, 15) is 9.59 Å². The highest BCUT2D eigenvalue weighted by atomic mass is 35.5. The van der Waals surface area contributed by atoms with Crippen molar-refractivity contribution in [2.75, 3.05) is 11.9 Å². The van der Waals surface area contributed by atoms with Crippen molar-refractivity contribution in [1.82, 2.24) is 4.90 Å². The van der Waals surface area contributed by atoms with Crippen molar-refractivity contribution in [3.05, 3.63) is 65.2 Å². The molecule has 0 unspecified atom stereocenters. The average molecular weight is 329 g/mol. The van der Waals surface area contributed by atoms with Crippen LogP contribution in [0.2, 0.25) is 5.02 Å². The molecular formula is C18H17ClN2O2. The summed E-state index contributed by atoms with van der Waals surface area (Å²) in [6.07, 6.45) is 1.67. The Bertz CT molecular complexity index is 718. The lowest BCUT2D eigenvalue weighted by atomic mass is 10.0. The van der Waals surface area contributed by atoms with Crippen LogP contribution in [0.25, 0.3) is 0 Å². The van der Waals surface area contributed by atoms with Crippen LogP contribution in [0.3, 0.4) is 0 Å². The van der Waals surface area contributed by atoms with E-state index in [2.05, 4.69) is 5.32 Å². The second-order valence-electron chi connectivity index (χ2n) is 5.50. The van der Waals surface area contributed by atoms with E-state index in [1.807, 2.05) is 42.5 Å². The lowest BCUT2D eigenvalue weighted by Crippen LogP contribution is -2.39. The van der Waals surface area contributed by atoms with Gasteiger partial charge in [0.25, 0.3) is 0 Å². The van der Waals surface area contributed by atoms with Crippen molar-refractivity contribution in [2.24, 2.45) is 0 Å². The van der Waals surface area contributed by atoms with Crippen LogP contribution in [0, 0.1) is 0 Å². The monoisotopic (exact) mass is 328 g/mol. The van der Waals surface area contributed by atoms with Gasteiger partial charge in [-0.3, -0.25) is 9.59 Å². The van der Waals surface area contributed by atoms with Gasteiger partial charge in [0.15, 0.2) is 0 Å². The van der Waals surface area contributed by atoms with Crippen molar-refractivity contribution in [1.29, 1.82) is 0 Å². The number of amides is 2. The summed E-state index contributed by atoms with van der Waals surface area (Å²) in [7, 11) is 0. The zero-order chi connectivity index (χ0) is 16.2. The molecule has 1 fully saturated rings. The number of benzene rings is 2. The molecule has 0 aromatic heterocycles. The zero-order valence-corrected chi connectivity index (χ0v) is 13.3. The Morgan fingerprint density at radius 2 is 1.74 bits per heavy atom. The van der Waals surface area contributed by atoms with E-state index in [0.29, 0.717) is 17.3 Å². The van der Waals surface area contributed by atoms with Gasteiger partial charge in [0.2, 0.25) is 0 Å². The first kappa shape index (κ1) is 15.6. The Kier molecular flexibility index (Phi) is 4.63. The molecule has 0 saturated carbocycles. The van der Waals surface area contributed by atoms with E-state index in [1.54, 1.807) is 17.0 Å². The Morgan fingerprint density at radius 1 is 1.04 bits per heavy atom. The number of hydrogen-bond acceptors (Lipinski definition) is 2. The predicted molar refractivity (Wildman–Crippen MR) is 90.2 cm³/mol. The molecule has 0 bridgehead atoms. The van der Waals surface area contributed by atoms with Crippen molar-refractivity contribution >= 4 is 29.1 Å². The SMILES string of the molecule is O=C(Nc1ccccc1)C(=O)N1CCC[C@@H]1c1ccccc1Cl. The summed E-state index contributed by atoms with van der Waals surface area (Å²) in [6, 6.07) is 16.3. The first-order valence-electron chi connectivity index (χ1n) is 7.58. The topological polar surface area (TPSA) is 49.4 Å². The zero-order valence-electron chi connectivity index (χ0n) is 12.5. The highest BCUT2D eigenvalue weighted by molar-refractivity contribution is 6.39. The molecule has 2 aromatic rings. The Balaban J connectivity index is 1.76. The fraction of sp³-hybridized carbons (Fsp3) is 0.222. The molecule has 0 spiro atoms. The summed E-state index contributed by atoms with van der Waals surface area (Å²) in [6.45, 7) is 0.566. The number of nitrogens with one attached hydrogen (secondary N) is 1. The number of anilines is 1. The maximum absolute atomic E-state index is 12.5. The lowest BCUT2D eigenvalue weighted by Gasteiger charge is -2.25. The van der Waals surface area contributed by atoms with Crippen LogP contribution in [0.5, 0.6) is 0 Å². The summed E-state index contributed by atoms with van der Waals surface area (Å²) >= 11 is 6.25. The molecule has 1 saturated heterocycles. The van der Waals surface area contributed by atoms with Gasteiger partial charge in [-0.1, -0.05) is 48.0 Å². The maximum atomic E-state index is 12.5. The van der Waals surface area contributed by atoms with Gasteiger partial charge in [-0.25, -0.2) is 0 Å². The minimum absolute atomic E-state index is 0.141. The summed E-state index contributed by atoms with van der Waals surface area (Å²) in [5.41, 5.74) is 1.51. The highest BCUT2D eigenvalue weighted by Gasteiger charge is 2.34. The quantitative estimate of drug-likeness (QED) is 0.856. The molecule has 2 amide bonds. The lowest BCUT2D eigenvalue weighted by molar-refractivity contribution is -0.143. The van der Waals surface area contributed by atoms with Crippen molar-refractivity contribution < 1.29 is 9.59 Å². The van der Waals surface area contributed by atoms with E-state index in [1.165, 1.54) is 0 Å². The fourth-order valence-electron chi connectivity index (χ4n) is 2.91. The third-order valence-corrected chi connectivity index (χ3v) is 4.35. The molecule has 0 radical (unpaired) electrons. The number of likely N-dealkylation sites (tertiary alicyclic amines) is 1. The second kappa shape index (κ2) is 6.84. The van der Waals surface area contributed by atoms with Crippen LogP contribution in [0.4, 0.5) is 5.69 Å². The molecule has 1 N–H and O–H groups in total. The van der Waals surface area contributed by atoms with Crippen LogP contribution in [-0.2, 0) is 9.59 Å². The molecule has 1 aliphatic rings. The standard InChI is InChI=1S/C18H17ClN2O2/c19-15-10-5-4-9-14(15)16-11-6-12-21(16)18(23)17(22)20-13-7-2-1-3-8-13/h1-5,7-10,16H,6,11-12H2,(H,20,22)/t16-/m1/s1. The molecule has 3 rings (SSSR count). The first-order valence-corrected chi connectivity index (χ1v) is 7.96. The van der Waals surface area contributed by atoms with E-state index in [-0.39, 0.29) is 6.04 Å². The minimum Gasteiger partial charge on any atom is -0.327 e. The van der Waals surface area contributed by atoms with E-state index in [4.69, 9.17) is 11.6 Å². The van der Waals surface area contributed by atoms with Crippen LogP contribution in [-0.4, -0.2) is 23.3 Å². The summed E-state index contributed by atoms with van der Waals surface area (Å²) in [5, 5.41) is 3.27. The van der Waals surface area contributed by atoms with E-state index >= 15 is 0 Å². The van der Waals surface area contributed by atoms with Gasteiger partial charge in [-0.15, -0.1) is 0 Å². The summed E-state index contributed by atoms with van der Waals surface area (Å²) in [4.78, 5) is 26.4. The number of hydrogen-bond donors (Lipinski definition) is 1. The number of carbonyl (C=O) groups is 2. The number of carbonyl (C=O) groups excluding carboxylic acids is 2. The Morgan fingerprint density at radius 3 is 2.48 bits per heavy atom. The third kappa shape index (κ3) is 3.37. The number of rotatable bonds is 2. The van der Waals surface area contributed by atoms with Gasteiger partial charge in [-0.2, -0.15) is 0 Å². The van der Waals surface area contributed by atoms with Crippen LogP contribution < -0.4 is 5.32 Å². The largest absolute Gasteiger partial charge is 0.327 e. The molecule has 2 aromatic carbocycles. The number of nitrogens with zero attached hydrogens (tertiary/aromatic N) is 1. The minimum atomic E-state index is -0.616. The molecule has 0 aliphatic carbocycles. The van der Waals surface area contributed by atoms with E-state index < -0.39 is 11.8 Å². The van der Waals surface area contributed by atoms with E-state index in [0.717, 1.165) is 18.4 Å².